The van der Waals surface area contributed by atoms with Crippen LogP contribution in [-0.2, 0) is 0 Å². The summed E-state index contributed by atoms with van der Waals surface area (Å²) in [5.74, 6) is 0.840. The van der Waals surface area contributed by atoms with Gasteiger partial charge >= 0.3 is 0 Å². The van der Waals surface area contributed by atoms with Gasteiger partial charge in [0.15, 0.2) is 0 Å². The van der Waals surface area contributed by atoms with E-state index in [1.54, 1.807) is 0 Å². The Morgan fingerprint density at radius 1 is 1.56 bits per heavy atom. The molecule has 2 atom stereocenters. The lowest BCUT2D eigenvalue weighted by Gasteiger charge is -2.07. The number of nitrogens with two attached hydrogens (primary N) is 1. The minimum Gasteiger partial charge on any atom is -0.327 e. The molecule has 1 fully saturated rings. The van der Waals surface area contributed by atoms with Crippen molar-refractivity contribution in [3.05, 3.63) is 0 Å². The average molecular weight is 128 g/mol. The fourth-order valence-electron chi connectivity index (χ4n) is 1.03. The second-order valence-electron chi connectivity index (χ2n) is 3.25. The molecule has 0 aliphatic heterocycles. The average Bonchev–Trinajstić information content (AvgIpc) is 2.42. The molecule has 0 amide bonds. The van der Waals surface area contributed by atoms with Crippen LogP contribution in [0.2, 0.25) is 0 Å². The predicted molar refractivity (Wildman–Crippen MR) is 39.3 cm³/mol. The Hall–Kier alpha value is -0.0800. The van der Waals surface area contributed by atoms with E-state index >= 15 is 0 Å². The van der Waals surface area contributed by atoms with E-state index in [0.717, 1.165) is 5.92 Å². The lowest BCUT2D eigenvalue weighted by Crippen LogP contribution is -2.14. The minimum atomic E-state index is 0.532. The molecule has 0 radical (unpaired) electrons. The van der Waals surface area contributed by atoms with Gasteiger partial charge in [-0.2, -0.15) is 0 Å². The summed E-state index contributed by atoms with van der Waals surface area (Å²) in [5.41, 5.74) is 5.63. The SMILES string of the molecule is CN(C)CCC1CC1N. The summed E-state index contributed by atoms with van der Waals surface area (Å²) in [6.45, 7) is 1.19. The molecule has 1 saturated carbocycles. The first-order valence-corrected chi connectivity index (χ1v) is 3.60. The van der Waals surface area contributed by atoms with Gasteiger partial charge in [-0.15, -0.1) is 0 Å². The highest BCUT2D eigenvalue weighted by Gasteiger charge is 2.32. The van der Waals surface area contributed by atoms with Gasteiger partial charge in [-0.05, 0) is 39.4 Å². The third kappa shape index (κ3) is 2.33. The van der Waals surface area contributed by atoms with Gasteiger partial charge in [-0.1, -0.05) is 0 Å². The van der Waals surface area contributed by atoms with Crippen LogP contribution < -0.4 is 5.73 Å². The van der Waals surface area contributed by atoms with Crippen molar-refractivity contribution >= 4 is 0 Å². The van der Waals surface area contributed by atoms with E-state index in [0.29, 0.717) is 6.04 Å². The quantitative estimate of drug-likeness (QED) is 0.591. The third-order valence-corrected chi connectivity index (χ3v) is 1.92. The monoisotopic (exact) mass is 128 g/mol. The molecule has 2 N–H and O–H groups in total. The van der Waals surface area contributed by atoms with Gasteiger partial charge in [0, 0.05) is 6.04 Å². The molecule has 0 heterocycles. The Labute approximate surface area is 57.0 Å². The molecule has 0 aromatic rings. The van der Waals surface area contributed by atoms with Gasteiger partial charge < -0.3 is 10.6 Å². The van der Waals surface area contributed by atoms with Crippen molar-refractivity contribution in [3.8, 4) is 0 Å². The van der Waals surface area contributed by atoms with E-state index in [4.69, 9.17) is 5.73 Å². The summed E-state index contributed by atoms with van der Waals surface area (Å²) in [5, 5.41) is 0. The molecular weight excluding hydrogens is 112 g/mol. The molecule has 0 aromatic heterocycles. The zero-order valence-corrected chi connectivity index (χ0v) is 6.30. The first kappa shape index (κ1) is 7.03. The highest BCUT2D eigenvalue weighted by molar-refractivity contribution is 4.89. The molecule has 0 saturated heterocycles. The minimum absolute atomic E-state index is 0.532. The van der Waals surface area contributed by atoms with Gasteiger partial charge in [0.05, 0.1) is 0 Å². The van der Waals surface area contributed by atoms with Crippen molar-refractivity contribution in [3.63, 3.8) is 0 Å². The lowest BCUT2D eigenvalue weighted by atomic mass is 10.3. The summed E-state index contributed by atoms with van der Waals surface area (Å²) >= 11 is 0. The maximum Gasteiger partial charge on any atom is 0.00714 e. The number of nitrogens with zero attached hydrogens (tertiary/aromatic N) is 1. The highest BCUT2D eigenvalue weighted by atomic mass is 15.0. The van der Waals surface area contributed by atoms with E-state index < -0.39 is 0 Å². The number of rotatable bonds is 3. The largest absolute Gasteiger partial charge is 0.327 e. The van der Waals surface area contributed by atoms with E-state index in [9.17, 15) is 0 Å². The first-order chi connectivity index (χ1) is 4.20. The Morgan fingerprint density at radius 3 is 2.44 bits per heavy atom. The molecule has 1 rings (SSSR count). The Bertz CT molecular complexity index is 90.9. The fourth-order valence-corrected chi connectivity index (χ4v) is 1.03. The van der Waals surface area contributed by atoms with Crippen molar-refractivity contribution < 1.29 is 0 Å². The van der Waals surface area contributed by atoms with Crippen LogP contribution in [-0.4, -0.2) is 31.6 Å². The normalized spacial score (nSPS) is 33.3. The van der Waals surface area contributed by atoms with E-state index in [1.807, 2.05) is 0 Å². The third-order valence-electron chi connectivity index (χ3n) is 1.92. The van der Waals surface area contributed by atoms with Crippen LogP contribution in [0, 0.1) is 5.92 Å². The Kier molecular flexibility index (Phi) is 2.09. The van der Waals surface area contributed by atoms with Crippen LogP contribution in [0.15, 0.2) is 0 Å². The van der Waals surface area contributed by atoms with Crippen LogP contribution in [0.25, 0.3) is 0 Å². The van der Waals surface area contributed by atoms with Crippen LogP contribution in [0.3, 0.4) is 0 Å². The predicted octanol–water partition coefficient (Wildman–Crippen LogP) is 0.285. The molecule has 0 spiro atoms. The van der Waals surface area contributed by atoms with Gasteiger partial charge in [0.2, 0.25) is 0 Å². The van der Waals surface area contributed by atoms with Gasteiger partial charge in [-0.3, -0.25) is 0 Å². The summed E-state index contributed by atoms with van der Waals surface area (Å²) in [7, 11) is 4.21. The standard InChI is InChI=1S/C7H16N2/c1-9(2)4-3-6-5-7(6)8/h6-7H,3-5,8H2,1-2H3. The summed E-state index contributed by atoms with van der Waals surface area (Å²) in [6, 6.07) is 0.532. The topological polar surface area (TPSA) is 29.3 Å². The lowest BCUT2D eigenvalue weighted by molar-refractivity contribution is 0.387. The number of hydrogen-bond donors (Lipinski definition) is 1. The fraction of sp³-hybridized carbons (Fsp3) is 1.00. The first-order valence-electron chi connectivity index (χ1n) is 3.60. The number of hydrogen-bond acceptors (Lipinski definition) is 2. The molecule has 0 aromatic carbocycles. The summed E-state index contributed by atoms with van der Waals surface area (Å²) in [4.78, 5) is 2.21. The van der Waals surface area contributed by atoms with Crippen LogP contribution in [0.4, 0.5) is 0 Å². The summed E-state index contributed by atoms with van der Waals surface area (Å²) < 4.78 is 0. The maximum atomic E-state index is 5.63. The van der Waals surface area contributed by atoms with E-state index in [2.05, 4.69) is 19.0 Å². The van der Waals surface area contributed by atoms with Crippen molar-refractivity contribution in [2.75, 3.05) is 20.6 Å². The zero-order valence-electron chi connectivity index (χ0n) is 6.30. The Balaban J connectivity index is 1.94. The van der Waals surface area contributed by atoms with E-state index in [1.165, 1.54) is 19.4 Å². The van der Waals surface area contributed by atoms with Crippen LogP contribution in [0.5, 0.6) is 0 Å². The summed E-state index contributed by atoms with van der Waals surface area (Å²) in [6.07, 6.45) is 2.54. The molecule has 1 aliphatic carbocycles. The molecule has 0 bridgehead atoms. The van der Waals surface area contributed by atoms with Crippen molar-refractivity contribution in [2.45, 2.75) is 18.9 Å². The van der Waals surface area contributed by atoms with Crippen molar-refractivity contribution in [1.82, 2.24) is 4.90 Å². The van der Waals surface area contributed by atoms with Crippen molar-refractivity contribution in [2.24, 2.45) is 11.7 Å². The van der Waals surface area contributed by atoms with Crippen LogP contribution in [0.1, 0.15) is 12.8 Å². The zero-order chi connectivity index (χ0) is 6.85. The van der Waals surface area contributed by atoms with E-state index in [-0.39, 0.29) is 0 Å². The molecular formula is C7H16N2. The van der Waals surface area contributed by atoms with Gasteiger partial charge in [0.25, 0.3) is 0 Å². The smallest absolute Gasteiger partial charge is 0.00714 e. The second-order valence-corrected chi connectivity index (χ2v) is 3.25. The Morgan fingerprint density at radius 2 is 2.11 bits per heavy atom. The molecule has 2 nitrogen and oxygen atoms in total. The van der Waals surface area contributed by atoms with Crippen LogP contribution >= 0.6 is 0 Å². The molecule has 2 unspecified atom stereocenters. The molecule has 54 valence electrons. The maximum absolute atomic E-state index is 5.63. The molecule has 9 heavy (non-hydrogen) atoms. The highest BCUT2D eigenvalue weighted by Crippen LogP contribution is 2.30. The molecule has 1 aliphatic rings. The molecule has 2 heteroatoms. The van der Waals surface area contributed by atoms with Gasteiger partial charge in [0.1, 0.15) is 0 Å². The second kappa shape index (κ2) is 2.67. The van der Waals surface area contributed by atoms with Gasteiger partial charge in [-0.25, -0.2) is 0 Å². The van der Waals surface area contributed by atoms with Crippen molar-refractivity contribution in [1.29, 1.82) is 0 Å².